The summed E-state index contributed by atoms with van der Waals surface area (Å²) < 4.78 is 0. The predicted octanol–water partition coefficient (Wildman–Crippen LogP) is 13.3. The van der Waals surface area contributed by atoms with Crippen molar-refractivity contribution in [3.8, 4) is 0 Å². The zero-order valence-electron chi connectivity index (χ0n) is 35.2. The average Bonchev–Trinajstić information content (AvgIpc) is 3.91. The van der Waals surface area contributed by atoms with Crippen molar-refractivity contribution in [1.82, 2.24) is 19.9 Å². The average molecular weight is 760 g/mol. The Balaban J connectivity index is 0.00000627. The maximum absolute atomic E-state index is 5.83. The number of fused-ring (bicyclic) bond motifs is 8. The van der Waals surface area contributed by atoms with Gasteiger partial charge in [0.1, 0.15) is 0 Å². The molecule has 0 unspecified atom stereocenters. The molecular weight excluding hydrogens is 691 g/mol. The molecule has 0 aromatic carbocycles. The molecule has 2 aliphatic rings. The van der Waals surface area contributed by atoms with Gasteiger partial charge in [0.05, 0.1) is 22.8 Å². The fourth-order valence-corrected chi connectivity index (χ4v) is 9.22. The van der Waals surface area contributed by atoms with Crippen LogP contribution in [0.1, 0.15) is 202 Å². The molecule has 2 aliphatic heterocycles. The van der Waals surface area contributed by atoms with Crippen LogP contribution in [0.5, 0.6) is 0 Å². The van der Waals surface area contributed by atoms with Crippen LogP contribution < -0.4 is 9.97 Å². The Morgan fingerprint density at radius 3 is 1.13 bits per heavy atom. The number of hydrogen-bond donors (Lipinski definition) is 0. The quantitative estimate of drug-likeness (QED) is 0.129. The molecule has 5 rings (SSSR count). The summed E-state index contributed by atoms with van der Waals surface area (Å²) in [6.07, 6.45) is 17.5. The number of nitrogens with zero attached hydrogens (tertiary/aromatic N) is 4. The molecule has 3 aromatic rings. The SMILES string of the molecule is CCCCc1c2nc(c(CCCC)c3[n-]c(c(CCCC)c4nc(cc5[n-]c1c(CC)c5CC)C(CC)=C4CC)c(CC)c3CC)C(CC)=C2CC.[Ni+2]. The molecule has 3 aromatic heterocycles. The number of aryl methyl sites for hydroxylation is 7. The van der Waals surface area contributed by atoms with Gasteiger partial charge in [-0.15, -0.1) is 22.1 Å². The Morgan fingerprint density at radius 2 is 0.755 bits per heavy atom. The molecule has 53 heavy (non-hydrogen) atoms. The topological polar surface area (TPSA) is 54.0 Å². The molecule has 8 bridgehead atoms. The second kappa shape index (κ2) is 19.6. The smallest absolute Gasteiger partial charge is 0.657 e. The zero-order valence-corrected chi connectivity index (χ0v) is 36.2. The number of aromatic nitrogens is 4. The summed E-state index contributed by atoms with van der Waals surface area (Å²) in [7, 11) is 0. The summed E-state index contributed by atoms with van der Waals surface area (Å²) in [6.45, 7) is 25.5. The van der Waals surface area contributed by atoms with Crippen molar-refractivity contribution in [3.63, 3.8) is 0 Å². The van der Waals surface area contributed by atoms with Gasteiger partial charge in [0.25, 0.3) is 0 Å². The van der Waals surface area contributed by atoms with E-state index in [-0.39, 0.29) is 16.5 Å². The minimum Gasteiger partial charge on any atom is -0.657 e. The minimum absolute atomic E-state index is 0. The van der Waals surface area contributed by atoms with E-state index >= 15 is 0 Å². The third-order valence-corrected chi connectivity index (χ3v) is 11.9. The van der Waals surface area contributed by atoms with E-state index in [0.29, 0.717) is 0 Å². The molecule has 0 radical (unpaired) electrons. The Bertz CT molecular complexity index is 1980. The van der Waals surface area contributed by atoms with Gasteiger partial charge in [0, 0.05) is 0 Å². The molecule has 0 saturated carbocycles. The second-order valence-electron chi connectivity index (χ2n) is 14.9. The van der Waals surface area contributed by atoms with Crippen molar-refractivity contribution in [2.45, 2.75) is 185 Å². The van der Waals surface area contributed by atoms with E-state index in [1.54, 1.807) is 0 Å². The molecule has 0 spiro atoms. The molecule has 5 heterocycles. The fourth-order valence-electron chi connectivity index (χ4n) is 9.22. The van der Waals surface area contributed by atoms with Crippen LogP contribution in [-0.2, 0) is 61.4 Å². The van der Waals surface area contributed by atoms with Gasteiger partial charge in [-0.2, -0.15) is 0 Å². The summed E-state index contributed by atoms with van der Waals surface area (Å²) in [5.74, 6) is 0. The summed E-state index contributed by atoms with van der Waals surface area (Å²) in [4.78, 5) is 23.0. The van der Waals surface area contributed by atoms with Crippen LogP contribution in [-0.4, -0.2) is 9.97 Å². The fraction of sp³-hybridized carbons (Fsp3) is 0.583. The first-order valence-electron chi connectivity index (χ1n) is 21.5. The minimum atomic E-state index is 0. The number of rotatable bonds is 17. The monoisotopic (exact) mass is 758 g/mol. The van der Waals surface area contributed by atoms with Crippen molar-refractivity contribution < 1.29 is 16.5 Å². The van der Waals surface area contributed by atoms with Crippen LogP contribution in [0.3, 0.4) is 0 Å². The molecule has 5 heteroatoms. The molecule has 0 amide bonds. The van der Waals surface area contributed by atoms with E-state index in [1.807, 2.05) is 0 Å². The van der Waals surface area contributed by atoms with E-state index in [4.69, 9.17) is 19.9 Å². The van der Waals surface area contributed by atoms with Crippen LogP contribution in [0, 0.1) is 0 Å². The molecule has 290 valence electrons. The number of hydrogen-bond acceptors (Lipinski definition) is 2. The summed E-state index contributed by atoms with van der Waals surface area (Å²) in [5, 5.41) is 0. The van der Waals surface area contributed by atoms with Gasteiger partial charge in [-0.25, -0.2) is 9.97 Å². The van der Waals surface area contributed by atoms with Gasteiger partial charge >= 0.3 is 16.5 Å². The zero-order chi connectivity index (χ0) is 37.5. The molecule has 0 atom stereocenters. The van der Waals surface area contributed by atoms with Crippen LogP contribution in [0.15, 0.2) is 6.07 Å². The molecule has 4 nitrogen and oxygen atoms in total. The normalized spacial score (nSPS) is 13.0. The molecule has 0 saturated heterocycles. The van der Waals surface area contributed by atoms with E-state index < -0.39 is 0 Å². The Morgan fingerprint density at radius 1 is 0.396 bits per heavy atom. The maximum Gasteiger partial charge on any atom is 2.00 e. The molecule has 0 aliphatic carbocycles. The Labute approximate surface area is 332 Å². The Kier molecular flexibility index (Phi) is 15.8. The maximum atomic E-state index is 5.83. The van der Waals surface area contributed by atoms with Crippen molar-refractivity contribution in [1.29, 1.82) is 0 Å². The summed E-state index contributed by atoms with van der Waals surface area (Å²) in [6, 6.07) is 2.35. The van der Waals surface area contributed by atoms with Crippen LogP contribution in [0.2, 0.25) is 0 Å². The standard InChI is InChI=1S/C48H68N4.Ni/c1-12-23-26-38-43-32(17-6)30(15-4)41(49-43)29-42-31(16-5)33(18-7)44(50-42)39(27-24-13-2)46-35(20-9)37(22-11)48(52-46)40(28-25-14-3)47-36(21-10)34(19-8)45(38)51-47;/h29H,12-28H2,1-11H3;/q-2;+2. The second-order valence-corrected chi connectivity index (χ2v) is 14.9. The van der Waals surface area contributed by atoms with Crippen LogP contribution in [0.25, 0.3) is 44.4 Å². The van der Waals surface area contributed by atoms with Crippen molar-refractivity contribution in [2.75, 3.05) is 0 Å². The van der Waals surface area contributed by atoms with Crippen molar-refractivity contribution in [3.05, 3.63) is 67.8 Å². The van der Waals surface area contributed by atoms with Gasteiger partial charge < -0.3 is 9.97 Å². The third kappa shape index (κ3) is 7.94. The van der Waals surface area contributed by atoms with E-state index in [1.165, 1.54) is 94.9 Å². The first-order chi connectivity index (χ1) is 25.4. The predicted molar refractivity (Wildman–Crippen MR) is 227 cm³/mol. The molecule has 0 N–H and O–H groups in total. The largest absolute Gasteiger partial charge is 2.00 e. The first kappa shape index (κ1) is 42.8. The van der Waals surface area contributed by atoms with Gasteiger partial charge in [-0.1, -0.05) is 124 Å². The van der Waals surface area contributed by atoms with E-state index in [0.717, 1.165) is 120 Å². The van der Waals surface area contributed by atoms with E-state index in [2.05, 4.69) is 82.2 Å². The van der Waals surface area contributed by atoms with Crippen LogP contribution in [0.4, 0.5) is 0 Å². The third-order valence-electron chi connectivity index (χ3n) is 11.9. The van der Waals surface area contributed by atoms with E-state index in [9.17, 15) is 0 Å². The van der Waals surface area contributed by atoms with Gasteiger partial charge in [-0.05, 0) is 129 Å². The molecule has 0 fully saturated rings. The first-order valence-corrected chi connectivity index (χ1v) is 21.5. The van der Waals surface area contributed by atoms with Gasteiger partial charge in [-0.3, -0.25) is 0 Å². The number of allylic oxidation sites excluding steroid dienone is 4. The van der Waals surface area contributed by atoms with Gasteiger partial charge in [0.15, 0.2) is 0 Å². The van der Waals surface area contributed by atoms with Gasteiger partial charge in [0.2, 0.25) is 0 Å². The summed E-state index contributed by atoms with van der Waals surface area (Å²) in [5.41, 5.74) is 24.8. The number of unbranched alkanes of at least 4 members (excludes halogenated alkanes) is 3. The summed E-state index contributed by atoms with van der Waals surface area (Å²) >= 11 is 0. The van der Waals surface area contributed by atoms with Crippen LogP contribution >= 0.6 is 0 Å². The van der Waals surface area contributed by atoms with Crippen molar-refractivity contribution in [2.24, 2.45) is 0 Å². The van der Waals surface area contributed by atoms with Crippen molar-refractivity contribution >= 4 is 44.4 Å². The molecular formula is C48H68N4Ni. The Hall–Kier alpha value is -2.91.